The van der Waals surface area contributed by atoms with E-state index >= 15 is 0 Å². The Balaban J connectivity index is 1.38. The van der Waals surface area contributed by atoms with Gasteiger partial charge in [0.25, 0.3) is 0 Å². The van der Waals surface area contributed by atoms with Gasteiger partial charge in [-0.2, -0.15) is 0 Å². The summed E-state index contributed by atoms with van der Waals surface area (Å²) in [5.74, 6) is 0.941. The number of hydrogen-bond donors (Lipinski definition) is 1. The largest absolute Gasteiger partial charge is 0.468 e. The van der Waals surface area contributed by atoms with Crippen LogP contribution < -0.4 is 5.32 Å². The van der Waals surface area contributed by atoms with Crippen LogP contribution in [0.4, 0.5) is 4.79 Å². The summed E-state index contributed by atoms with van der Waals surface area (Å²) in [5.41, 5.74) is 1.29. The number of thiophene rings is 1. The molecule has 1 fully saturated rings. The summed E-state index contributed by atoms with van der Waals surface area (Å²) in [5, 5.41) is 5.25. The second kappa shape index (κ2) is 6.99. The highest BCUT2D eigenvalue weighted by atomic mass is 32.1. The molecule has 0 saturated carbocycles. The molecule has 1 saturated heterocycles. The average Bonchev–Trinajstić information content (AvgIpc) is 3.36. The maximum Gasteiger partial charge on any atom is 0.317 e. The third-order valence-corrected chi connectivity index (χ3v) is 6.02. The number of carbonyl (C=O) groups is 1. The zero-order valence-electron chi connectivity index (χ0n) is 13.7. The molecule has 24 heavy (non-hydrogen) atoms. The van der Waals surface area contributed by atoms with Crippen LogP contribution in [-0.4, -0.2) is 42.0 Å². The van der Waals surface area contributed by atoms with Crippen molar-refractivity contribution in [3.8, 4) is 0 Å². The second-order valence-corrected chi connectivity index (χ2v) is 7.50. The van der Waals surface area contributed by atoms with Crippen LogP contribution in [0.3, 0.4) is 0 Å². The van der Waals surface area contributed by atoms with E-state index in [0.29, 0.717) is 6.54 Å². The zero-order chi connectivity index (χ0) is 16.4. The van der Waals surface area contributed by atoms with Crippen molar-refractivity contribution in [1.29, 1.82) is 0 Å². The molecule has 1 atom stereocenters. The van der Waals surface area contributed by atoms with Gasteiger partial charge in [-0.3, -0.25) is 4.90 Å². The molecule has 128 valence electrons. The van der Waals surface area contributed by atoms with Gasteiger partial charge in [0.15, 0.2) is 0 Å². The molecule has 0 aromatic carbocycles. The number of furan rings is 1. The first kappa shape index (κ1) is 15.7. The predicted octanol–water partition coefficient (Wildman–Crippen LogP) is 3.25. The van der Waals surface area contributed by atoms with Crippen molar-refractivity contribution in [3.63, 3.8) is 0 Å². The van der Waals surface area contributed by atoms with Crippen molar-refractivity contribution in [2.45, 2.75) is 31.8 Å². The number of rotatable bonds is 4. The minimum absolute atomic E-state index is 0.0302. The molecule has 2 aliphatic rings. The maximum absolute atomic E-state index is 12.6. The quantitative estimate of drug-likeness (QED) is 0.925. The molecule has 2 amide bonds. The van der Waals surface area contributed by atoms with Crippen molar-refractivity contribution >= 4 is 17.4 Å². The van der Waals surface area contributed by atoms with Gasteiger partial charge in [-0.1, -0.05) is 0 Å². The van der Waals surface area contributed by atoms with Crippen LogP contribution in [0.2, 0.25) is 0 Å². The molecule has 0 bridgehead atoms. The summed E-state index contributed by atoms with van der Waals surface area (Å²) in [4.78, 5) is 18.3. The van der Waals surface area contributed by atoms with Crippen LogP contribution in [-0.2, 0) is 13.0 Å². The number of urea groups is 1. The Bertz CT molecular complexity index is 676. The standard InChI is InChI=1S/C18H23N3O2S/c22-18(21-9-5-17-14(13-21)6-11-24-17)19-12-15(16-4-3-10-23-16)20-7-1-2-8-20/h3-4,6,10-11,15H,1-2,5,7-9,12-13H2,(H,19,22). The second-order valence-electron chi connectivity index (χ2n) is 6.50. The minimum atomic E-state index is 0.0302. The fourth-order valence-electron chi connectivity index (χ4n) is 3.66. The normalized spacial score (nSPS) is 19.2. The number of amides is 2. The lowest BCUT2D eigenvalue weighted by Gasteiger charge is -2.30. The van der Waals surface area contributed by atoms with E-state index in [9.17, 15) is 4.79 Å². The Morgan fingerprint density at radius 2 is 2.17 bits per heavy atom. The third kappa shape index (κ3) is 3.21. The van der Waals surface area contributed by atoms with E-state index in [2.05, 4.69) is 21.7 Å². The van der Waals surface area contributed by atoms with E-state index in [1.807, 2.05) is 17.0 Å². The molecule has 1 unspecified atom stereocenters. The minimum Gasteiger partial charge on any atom is -0.468 e. The van der Waals surface area contributed by atoms with Crippen LogP contribution in [0.5, 0.6) is 0 Å². The lowest BCUT2D eigenvalue weighted by atomic mass is 10.1. The summed E-state index contributed by atoms with van der Waals surface area (Å²) >= 11 is 1.80. The molecule has 0 aliphatic carbocycles. The number of likely N-dealkylation sites (tertiary alicyclic amines) is 1. The maximum atomic E-state index is 12.6. The number of hydrogen-bond acceptors (Lipinski definition) is 4. The molecule has 2 aliphatic heterocycles. The van der Waals surface area contributed by atoms with Crippen molar-refractivity contribution in [1.82, 2.24) is 15.1 Å². The average molecular weight is 345 g/mol. The van der Waals surface area contributed by atoms with E-state index in [0.717, 1.165) is 38.4 Å². The number of fused-ring (bicyclic) bond motifs is 1. The lowest BCUT2D eigenvalue weighted by molar-refractivity contribution is 0.177. The lowest BCUT2D eigenvalue weighted by Crippen LogP contribution is -2.45. The fourth-order valence-corrected chi connectivity index (χ4v) is 4.55. The van der Waals surface area contributed by atoms with Gasteiger partial charge >= 0.3 is 6.03 Å². The summed E-state index contributed by atoms with van der Waals surface area (Å²) in [6.07, 6.45) is 5.12. The van der Waals surface area contributed by atoms with E-state index in [4.69, 9.17) is 4.42 Å². The molecule has 2 aromatic rings. The molecule has 6 heteroatoms. The first-order valence-electron chi connectivity index (χ1n) is 8.67. The number of nitrogens with zero attached hydrogens (tertiary/aromatic N) is 2. The first-order chi connectivity index (χ1) is 11.8. The van der Waals surface area contributed by atoms with Crippen LogP contribution in [0.15, 0.2) is 34.3 Å². The summed E-state index contributed by atoms with van der Waals surface area (Å²) < 4.78 is 5.62. The highest BCUT2D eigenvalue weighted by molar-refractivity contribution is 7.10. The molecule has 4 heterocycles. The van der Waals surface area contributed by atoms with Gasteiger partial charge in [0.2, 0.25) is 0 Å². The highest BCUT2D eigenvalue weighted by Crippen LogP contribution is 2.26. The van der Waals surface area contributed by atoms with E-state index in [1.54, 1.807) is 17.6 Å². The first-order valence-corrected chi connectivity index (χ1v) is 9.55. The van der Waals surface area contributed by atoms with Gasteiger partial charge in [0.05, 0.1) is 12.3 Å². The van der Waals surface area contributed by atoms with Crippen LogP contribution >= 0.6 is 11.3 Å². The molecule has 0 spiro atoms. The molecular formula is C18H23N3O2S. The highest BCUT2D eigenvalue weighted by Gasteiger charge is 2.27. The third-order valence-electron chi connectivity index (χ3n) is 4.99. The molecule has 5 nitrogen and oxygen atoms in total. The Morgan fingerprint density at radius 3 is 2.96 bits per heavy atom. The smallest absolute Gasteiger partial charge is 0.317 e. The van der Waals surface area contributed by atoms with E-state index in [-0.39, 0.29) is 12.1 Å². The van der Waals surface area contributed by atoms with Crippen LogP contribution in [0, 0.1) is 0 Å². The summed E-state index contributed by atoms with van der Waals surface area (Å²) in [7, 11) is 0. The van der Waals surface area contributed by atoms with Crippen molar-refractivity contribution in [3.05, 3.63) is 46.0 Å². The molecular weight excluding hydrogens is 322 g/mol. The van der Waals surface area contributed by atoms with Crippen molar-refractivity contribution < 1.29 is 9.21 Å². The fraction of sp³-hybridized carbons (Fsp3) is 0.500. The van der Waals surface area contributed by atoms with Crippen LogP contribution in [0.25, 0.3) is 0 Å². The Hall–Kier alpha value is -1.79. The van der Waals surface area contributed by atoms with Crippen LogP contribution in [0.1, 0.15) is 35.1 Å². The Labute approximate surface area is 146 Å². The predicted molar refractivity (Wildman–Crippen MR) is 94.1 cm³/mol. The topological polar surface area (TPSA) is 48.7 Å². The molecule has 4 rings (SSSR count). The molecule has 0 radical (unpaired) electrons. The number of nitrogens with one attached hydrogen (secondary N) is 1. The Morgan fingerprint density at radius 1 is 1.29 bits per heavy atom. The van der Waals surface area contributed by atoms with Crippen molar-refractivity contribution in [2.75, 3.05) is 26.2 Å². The van der Waals surface area contributed by atoms with E-state index < -0.39 is 0 Å². The monoisotopic (exact) mass is 345 g/mol. The summed E-state index contributed by atoms with van der Waals surface area (Å²) in [6.45, 7) is 4.26. The Kier molecular flexibility index (Phi) is 4.58. The summed E-state index contributed by atoms with van der Waals surface area (Å²) in [6, 6.07) is 6.22. The number of carbonyl (C=O) groups excluding carboxylic acids is 1. The van der Waals surface area contributed by atoms with Gasteiger partial charge in [-0.25, -0.2) is 4.79 Å². The SMILES string of the molecule is O=C(NCC(c1ccco1)N1CCCC1)N1CCc2sccc2C1. The van der Waals surface area contributed by atoms with Gasteiger partial charge in [0, 0.05) is 24.5 Å². The van der Waals surface area contributed by atoms with Crippen molar-refractivity contribution in [2.24, 2.45) is 0 Å². The zero-order valence-corrected chi connectivity index (χ0v) is 14.6. The van der Waals surface area contributed by atoms with Gasteiger partial charge in [-0.05, 0) is 61.5 Å². The van der Waals surface area contributed by atoms with Gasteiger partial charge < -0.3 is 14.6 Å². The van der Waals surface area contributed by atoms with E-state index in [1.165, 1.54) is 23.3 Å². The molecule has 2 aromatic heterocycles. The molecule has 1 N–H and O–H groups in total. The van der Waals surface area contributed by atoms with Gasteiger partial charge in [-0.15, -0.1) is 11.3 Å². The van der Waals surface area contributed by atoms with Gasteiger partial charge in [0.1, 0.15) is 5.76 Å².